The third kappa shape index (κ3) is 2.34. The van der Waals surface area contributed by atoms with Crippen LogP contribution in [-0.2, 0) is 0 Å². The first kappa shape index (κ1) is 11.0. The Morgan fingerprint density at radius 1 is 1.20 bits per heavy atom. The monoisotopic (exact) mass is 268 g/mol. The van der Waals surface area contributed by atoms with Crippen molar-refractivity contribution < 1.29 is 0 Å². The van der Waals surface area contributed by atoms with E-state index in [0.717, 1.165) is 26.2 Å². The highest BCUT2D eigenvalue weighted by molar-refractivity contribution is 9.10. The molecule has 2 rings (SSSR count). The Bertz CT molecular complexity index is 357. The molecule has 0 bridgehead atoms. The summed E-state index contributed by atoms with van der Waals surface area (Å²) in [5.41, 5.74) is 4.00. The summed E-state index contributed by atoms with van der Waals surface area (Å²) in [5.74, 6) is 0. The molecule has 1 aromatic carbocycles. The van der Waals surface area contributed by atoms with E-state index < -0.39 is 0 Å². The predicted octanol–water partition coefficient (Wildman–Crippen LogP) is 2.48. The zero-order valence-electron chi connectivity index (χ0n) is 9.31. The molecule has 0 radical (unpaired) electrons. The highest BCUT2D eigenvalue weighted by atomic mass is 79.9. The van der Waals surface area contributed by atoms with Crippen molar-refractivity contribution in [3.8, 4) is 0 Å². The molecule has 0 spiro atoms. The van der Waals surface area contributed by atoms with Crippen LogP contribution in [0.5, 0.6) is 0 Å². The Hall–Kier alpha value is -0.540. The molecule has 1 aliphatic heterocycles. The van der Waals surface area contributed by atoms with Crippen molar-refractivity contribution in [1.29, 1.82) is 0 Å². The maximum absolute atomic E-state index is 3.69. The number of piperazine rings is 1. The van der Waals surface area contributed by atoms with E-state index >= 15 is 0 Å². The van der Waals surface area contributed by atoms with Gasteiger partial charge in [-0.05, 0) is 47.0 Å². The highest BCUT2D eigenvalue weighted by Gasteiger charge is 2.14. The van der Waals surface area contributed by atoms with Crippen LogP contribution < -0.4 is 10.2 Å². The fraction of sp³-hybridized carbons (Fsp3) is 0.500. The van der Waals surface area contributed by atoms with Crippen LogP contribution in [0.3, 0.4) is 0 Å². The van der Waals surface area contributed by atoms with Gasteiger partial charge in [-0.15, -0.1) is 0 Å². The topological polar surface area (TPSA) is 15.3 Å². The number of benzene rings is 1. The zero-order valence-corrected chi connectivity index (χ0v) is 10.9. The lowest BCUT2D eigenvalue weighted by molar-refractivity contribution is 0.588. The molecular weight excluding hydrogens is 252 g/mol. The van der Waals surface area contributed by atoms with Crippen molar-refractivity contribution in [2.45, 2.75) is 13.8 Å². The second kappa shape index (κ2) is 4.54. The molecule has 1 aliphatic rings. The van der Waals surface area contributed by atoms with Gasteiger partial charge in [-0.1, -0.05) is 6.07 Å². The van der Waals surface area contributed by atoms with Crippen molar-refractivity contribution in [1.82, 2.24) is 5.32 Å². The minimum absolute atomic E-state index is 1.08. The SMILES string of the molecule is Cc1cc(C)c(Br)c(N2CCNCC2)c1. The van der Waals surface area contributed by atoms with Gasteiger partial charge in [0.05, 0.1) is 5.69 Å². The molecule has 1 heterocycles. The maximum atomic E-state index is 3.69. The van der Waals surface area contributed by atoms with Crippen LogP contribution >= 0.6 is 15.9 Å². The van der Waals surface area contributed by atoms with Crippen LogP contribution in [0, 0.1) is 13.8 Å². The number of halogens is 1. The summed E-state index contributed by atoms with van der Waals surface area (Å²) < 4.78 is 1.25. The van der Waals surface area contributed by atoms with Crippen molar-refractivity contribution in [2.75, 3.05) is 31.1 Å². The predicted molar refractivity (Wildman–Crippen MR) is 68.7 cm³/mol. The fourth-order valence-corrected chi connectivity index (χ4v) is 2.54. The molecule has 0 aromatic heterocycles. The molecule has 1 fully saturated rings. The number of nitrogens with zero attached hydrogens (tertiary/aromatic N) is 1. The summed E-state index contributed by atoms with van der Waals surface area (Å²) >= 11 is 3.69. The summed E-state index contributed by atoms with van der Waals surface area (Å²) in [6.45, 7) is 8.68. The average molecular weight is 269 g/mol. The molecule has 2 nitrogen and oxygen atoms in total. The van der Waals surface area contributed by atoms with Gasteiger partial charge in [0.25, 0.3) is 0 Å². The Labute approximate surface area is 99.8 Å². The zero-order chi connectivity index (χ0) is 10.8. The molecule has 0 aliphatic carbocycles. The van der Waals surface area contributed by atoms with E-state index in [1.54, 1.807) is 0 Å². The van der Waals surface area contributed by atoms with E-state index in [-0.39, 0.29) is 0 Å². The first-order chi connectivity index (χ1) is 7.18. The molecule has 1 saturated heterocycles. The molecule has 0 amide bonds. The highest BCUT2D eigenvalue weighted by Crippen LogP contribution is 2.30. The third-order valence-corrected chi connectivity index (χ3v) is 3.87. The number of aryl methyl sites for hydroxylation is 2. The van der Waals surface area contributed by atoms with Crippen molar-refractivity contribution in [3.05, 3.63) is 27.7 Å². The standard InChI is InChI=1S/C12H17BrN2/c1-9-7-10(2)12(13)11(8-9)15-5-3-14-4-6-15/h7-8,14H,3-6H2,1-2H3. The van der Waals surface area contributed by atoms with Gasteiger partial charge >= 0.3 is 0 Å². The summed E-state index contributed by atoms with van der Waals surface area (Å²) in [6.07, 6.45) is 0. The van der Waals surface area contributed by atoms with E-state index in [1.807, 2.05) is 0 Å². The third-order valence-electron chi connectivity index (χ3n) is 2.84. The first-order valence-electron chi connectivity index (χ1n) is 5.41. The van der Waals surface area contributed by atoms with Gasteiger partial charge in [0.15, 0.2) is 0 Å². The summed E-state index contributed by atoms with van der Waals surface area (Å²) in [5, 5.41) is 3.38. The van der Waals surface area contributed by atoms with E-state index in [9.17, 15) is 0 Å². The Balaban J connectivity index is 2.33. The molecule has 0 saturated carbocycles. The van der Waals surface area contributed by atoms with Gasteiger partial charge in [0.1, 0.15) is 0 Å². The molecule has 1 N–H and O–H groups in total. The second-order valence-corrected chi connectivity index (χ2v) is 4.94. The fourth-order valence-electron chi connectivity index (χ4n) is 2.06. The summed E-state index contributed by atoms with van der Waals surface area (Å²) in [7, 11) is 0. The first-order valence-corrected chi connectivity index (χ1v) is 6.20. The van der Waals surface area contributed by atoms with Crippen molar-refractivity contribution in [3.63, 3.8) is 0 Å². The van der Waals surface area contributed by atoms with Crippen LogP contribution in [0.25, 0.3) is 0 Å². The lowest BCUT2D eigenvalue weighted by atomic mass is 10.1. The molecule has 0 unspecified atom stereocenters. The van der Waals surface area contributed by atoms with E-state index in [4.69, 9.17) is 0 Å². The number of hydrogen-bond donors (Lipinski definition) is 1. The molecule has 1 aromatic rings. The van der Waals surface area contributed by atoms with Crippen LogP contribution in [-0.4, -0.2) is 26.2 Å². The minimum atomic E-state index is 1.08. The van der Waals surface area contributed by atoms with Gasteiger partial charge < -0.3 is 10.2 Å². The molecule has 3 heteroatoms. The van der Waals surface area contributed by atoms with Crippen LogP contribution in [0.1, 0.15) is 11.1 Å². The van der Waals surface area contributed by atoms with Gasteiger partial charge in [-0.3, -0.25) is 0 Å². The molecular formula is C12H17BrN2. The van der Waals surface area contributed by atoms with Gasteiger partial charge in [-0.2, -0.15) is 0 Å². The summed E-state index contributed by atoms with van der Waals surface area (Å²) in [4.78, 5) is 2.45. The lowest BCUT2D eigenvalue weighted by Gasteiger charge is -2.31. The number of hydrogen-bond acceptors (Lipinski definition) is 2. The quantitative estimate of drug-likeness (QED) is 0.842. The van der Waals surface area contributed by atoms with Crippen LogP contribution in [0.2, 0.25) is 0 Å². The lowest BCUT2D eigenvalue weighted by Crippen LogP contribution is -2.43. The van der Waals surface area contributed by atoms with Crippen LogP contribution in [0.4, 0.5) is 5.69 Å². The molecule has 15 heavy (non-hydrogen) atoms. The Kier molecular flexibility index (Phi) is 3.32. The average Bonchev–Trinajstić information content (AvgIpc) is 2.24. The maximum Gasteiger partial charge on any atom is 0.0516 e. The van der Waals surface area contributed by atoms with Gasteiger partial charge in [-0.25, -0.2) is 0 Å². The van der Waals surface area contributed by atoms with Crippen molar-refractivity contribution in [2.24, 2.45) is 0 Å². The van der Waals surface area contributed by atoms with E-state index in [0.29, 0.717) is 0 Å². The molecule has 82 valence electrons. The second-order valence-electron chi connectivity index (χ2n) is 4.15. The largest absolute Gasteiger partial charge is 0.368 e. The summed E-state index contributed by atoms with van der Waals surface area (Å²) in [6, 6.07) is 4.48. The van der Waals surface area contributed by atoms with Crippen LogP contribution in [0.15, 0.2) is 16.6 Å². The van der Waals surface area contributed by atoms with E-state index in [1.165, 1.54) is 21.3 Å². The Morgan fingerprint density at radius 2 is 1.87 bits per heavy atom. The number of nitrogens with one attached hydrogen (secondary N) is 1. The van der Waals surface area contributed by atoms with E-state index in [2.05, 4.69) is 52.1 Å². The van der Waals surface area contributed by atoms with Crippen molar-refractivity contribution >= 4 is 21.6 Å². The number of rotatable bonds is 1. The Morgan fingerprint density at radius 3 is 2.53 bits per heavy atom. The van der Waals surface area contributed by atoms with Gasteiger partial charge in [0, 0.05) is 30.7 Å². The number of anilines is 1. The smallest absolute Gasteiger partial charge is 0.0516 e. The molecule has 0 atom stereocenters. The van der Waals surface area contributed by atoms with Gasteiger partial charge in [0.2, 0.25) is 0 Å². The minimum Gasteiger partial charge on any atom is -0.368 e. The normalized spacial score (nSPS) is 16.9.